The van der Waals surface area contributed by atoms with E-state index in [1.54, 1.807) is 11.3 Å². The molecule has 6 heteroatoms. The van der Waals surface area contributed by atoms with Crippen molar-refractivity contribution in [2.24, 2.45) is 23.7 Å². The Morgan fingerprint density at radius 3 is 2.73 bits per heavy atom. The van der Waals surface area contributed by atoms with Gasteiger partial charge in [-0.3, -0.25) is 9.59 Å². The number of hydrogen-bond donors (Lipinski definition) is 2. The molecule has 2 aliphatic carbocycles. The first-order chi connectivity index (χ1) is 10.6. The molecule has 0 radical (unpaired) electrons. The van der Waals surface area contributed by atoms with Gasteiger partial charge in [0.1, 0.15) is 0 Å². The van der Waals surface area contributed by atoms with Crippen LogP contribution in [-0.2, 0) is 22.4 Å². The summed E-state index contributed by atoms with van der Waals surface area (Å²) in [6.45, 7) is 2.60. The van der Waals surface area contributed by atoms with Crippen LogP contribution in [0.2, 0.25) is 0 Å². The molecular weight excluding hydrogens is 300 g/mol. The quantitative estimate of drug-likeness (QED) is 0.785. The highest BCUT2D eigenvalue weighted by Gasteiger charge is 2.51. The Labute approximate surface area is 133 Å². The third-order valence-corrected chi connectivity index (χ3v) is 5.84. The van der Waals surface area contributed by atoms with Crippen molar-refractivity contribution in [1.29, 1.82) is 0 Å². The molecule has 4 unspecified atom stereocenters. The fourth-order valence-electron chi connectivity index (χ4n) is 3.55. The first-order valence-corrected chi connectivity index (χ1v) is 8.54. The number of allylic oxidation sites excluding steroid dienone is 2. The van der Waals surface area contributed by atoms with Crippen molar-refractivity contribution in [3.8, 4) is 0 Å². The Morgan fingerprint density at radius 1 is 1.36 bits per heavy atom. The predicted octanol–water partition coefficient (Wildman–Crippen LogP) is 1.89. The number of fused-ring (bicyclic) bond motifs is 2. The SMILES string of the molecule is CCc1cnc(CCNC(=O)C2C3C=CC(C3)C2C(=O)O)s1. The van der Waals surface area contributed by atoms with Crippen molar-refractivity contribution in [3.63, 3.8) is 0 Å². The second-order valence-corrected chi connectivity index (χ2v) is 7.15. The van der Waals surface area contributed by atoms with Crippen LogP contribution in [0.3, 0.4) is 0 Å². The van der Waals surface area contributed by atoms with Crippen LogP contribution in [0.15, 0.2) is 18.3 Å². The molecule has 1 aromatic heterocycles. The van der Waals surface area contributed by atoms with E-state index >= 15 is 0 Å². The second-order valence-electron chi connectivity index (χ2n) is 5.95. The maximum absolute atomic E-state index is 12.4. The van der Waals surface area contributed by atoms with Gasteiger partial charge in [-0.2, -0.15) is 0 Å². The van der Waals surface area contributed by atoms with Gasteiger partial charge in [-0.05, 0) is 24.7 Å². The number of rotatable bonds is 6. The minimum Gasteiger partial charge on any atom is -0.481 e. The van der Waals surface area contributed by atoms with Crippen LogP contribution in [0.1, 0.15) is 23.2 Å². The van der Waals surface area contributed by atoms with Crippen LogP contribution in [-0.4, -0.2) is 28.5 Å². The standard InChI is InChI=1S/C16H20N2O3S/c1-2-11-8-18-12(22-11)5-6-17-15(19)13-9-3-4-10(7-9)14(13)16(20)21/h3-4,8-10,13-14H,2,5-7H2,1H3,(H,17,19)(H,20,21). The van der Waals surface area contributed by atoms with Gasteiger partial charge < -0.3 is 10.4 Å². The molecule has 2 aliphatic rings. The van der Waals surface area contributed by atoms with E-state index in [0.29, 0.717) is 13.0 Å². The molecule has 1 fully saturated rings. The highest BCUT2D eigenvalue weighted by molar-refractivity contribution is 7.11. The lowest BCUT2D eigenvalue weighted by Crippen LogP contribution is -2.40. The summed E-state index contributed by atoms with van der Waals surface area (Å²) in [7, 11) is 0. The second kappa shape index (κ2) is 6.20. The Bertz CT molecular complexity index is 610. The molecule has 1 aromatic rings. The van der Waals surface area contributed by atoms with Crippen molar-refractivity contribution in [2.45, 2.75) is 26.2 Å². The van der Waals surface area contributed by atoms with E-state index in [4.69, 9.17) is 0 Å². The third kappa shape index (κ3) is 2.79. The van der Waals surface area contributed by atoms with Gasteiger partial charge in [0.05, 0.1) is 16.8 Å². The molecule has 22 heavy (non-hydrogen) atoms. The van der Waals surface area contributed by atoms with Gasteiger partial charge >= 0.3 is 5.97 Å². The molecule has 2 N–H and O–H groups in total. The van der Waals surface area contributed by atoms with Crippen LogP contribution >= 0.6 is 11.3 Å². The predicted molar refractivity (Wildman–Crippen MR) is 83.6 cm³/mol. The lowest BCUT2D eigenvalue weighted by Gasteiger charge is -2.23. The van der Waals surface area contributed by atoms with Gasteiger partial charge in [0.25, 0.3) is 0 Å². The number of carbonyl (C=O) groups is 2. The van der Waals surface area contributed by atoms with E-state index in [9.17, 15) is 14.7 Å². The van der Waals surface area contributed by atoms with Gasteiger partial charge in [0, 0.05) is 24.0 Å². The fraction of sp³-hybridized carbons (Fsp3) is 0.562. The molecule has 1 heterocycles. The fourth-order valence-corrected chi connectivity index (χ4v) is 4.42. The largest absolute Gasteiger partial charge is 0.481 e. The summed E-state index contributed by atoms with van der Waals surface area (Å²) in [5.41, 5.74) is 0. The first-order valence-electron chi connectivity index (χ1n) is 7.72. The van der Waals surface area contributed by atoms with Crippen molar-refractivity contribution in [2.75, 3.05) is 6.54 Å². The van der Waals surface area contributed by atoms with Crippen LogP contribution in [0.25, 0.3) is 0 Å². The summed E-state index contributed by atoms with van der Waals surface area (Å²) in [5.74, 6) is -1.88. The highest BCUT2D eigenvalue weighted by Crippen LogP contribution is 2.48. The summed E-state index contributed by atoms with van der Waals surface area (Å²) in [5, 5.41) is 13.3. The number of carboxylic acid groups (broad SMARTS) is 1. The van der Waals surface area contributed by atoms with Crippen molar-refractivity contribution in [1.82, 2.24) is 10.3 Å². The minimum atomic E-state index is -0.857. The molecule has 1 amide bonds. The van der Waals surface area contributed by atoms with Gasteiger partial charge in [0.2, 0.25) is 5.91 Å². The van der Waals surface area contributed by atoms with E-state index in [1.165, 1.54) is 4.88 Å². The molecule has 0 aromatic carbocycles. The normalized spacial score (nSPS) is 29.0. The topological polar surface area (TPSA) is 79.3 Å². The Hall–Kier alpha value is -1.69. The number of aryl methyl sites for hydroxylation is 1. The van der Waals surface area contributed by atoms with Gasteiger partial charge in [-0.15, -0.1) is 11.3 Å². The minimum absolute atomic E-state index is 0.0179. The number of carbonyl (C=O) groups excluding carboxylic acids is 1. The summed E-state index contributed by atoms with van der Waals surface area (Å²) >= 11 is 1.67. The number of aromatic nitrogens is 1. The lowest BCUT2D eigenvalue weighted by molar-refractivity contribution is -0.147. The average molecular weight is 320 g/mol. The number of nitrogens with one attached hydrogen (secondary N) is 1. The summed E-state index contributed by atoms with van der Waals surface area (Å²) in [4.78, 5) is 29.4. The van der Waals surface area contributed by atoms with Crippen molar-refractivity contribution >= 4 is 23.2 Å². The monoisotopic (exact) mass is 320 g/mol. The molecule has 0 spiro atoms. The van der Waals surface area contributed by atoms with Crippen LogP contribution in [0, 0.1) is 23.7 Å². The van der Waals surface area contributed by atoms with Crippen LogP contribution in [0.5, 0.6) is 0 Å². The lowest BCUT2D eigenvalue weighted by atomic mass is 9.82. The molecule has 3 rings (SSSR count). The number of amides is 1. The van der Waals surface area contributed by atoms with Gasteiger partial charge in [-0.25, -0.2) is 4.98 Å². The number of thiazole rings is 1. The highest BCUT2D eigenvalue weighted by atomic mass is 32.1. The maximum atomic E-state index is 12.4. The molecule has 1 saturated carbocycles. The van der Waals surface area contributed by atoms with Crippen LogP contribution in [0.4, 0.5) is 0 Å². The maximum Gasteiger partial charge on any atom is 0.307 e. The Kier molecular flexibility index (Phi) is 4.29. The van der Waals surface area contributed by atoms with E-state index in [-0.39, 0.29) is 17.7 Å². The number of hydrogen-bond acceptors (Lipinski definition) is 4. The van der Waals surface area contributed by atoms with E-state index in [1.807, 2.05) is 18.3 Å². The Balaban J connectivity index is 1.55. The van der Waals surface area contributed by atoms with Crippen LogP contribution < -0.4 is 5.32 Å². The molecule has 4 atom stereocenters. The number of nitrogens with zero attached hydrogens (tertiary/aromatic N) is 1. The van der Waals surface area contributed by atoms with Crippen molar-refractivity contribution in [3.05, 3.63) is 28.2 Å². The summed E-state index contributed by atoms with van der Waals surface area (Å²) < 4.78 is 0. The van der Waals surface area contributed by atoms with E-state index in [0.717, 1.165) is 17.8 Å². The zero-order valence-corrected chi connectivity index (χ0v) is 13.3. The summed E-state index contributed by atoms with van der Waals surface area (Å²) in [6.07, 6.45) is 8.30. The van der Waals surface area contributed by atoms with Gasteiger partial charge in [-0.1, -0.05) is 19.1 Å². The van der Waals surface area contributed by atoms with E-state index in [2.05, 4.69) is 17.2 Å². The Morgan fingerprint density at radius 2 is 2.09 bits per heavy atom. The van der Waals surface area contributed by atoms with Crippen molar-refractivity contribution < 1.29 is 14.7 Å². The number of aliphatic carboxylic acids is 1. The number of carboxylic acids is 1. The summed E-state index contributed by atoms with van der Waals surface area (Å²) in [6, 6.07) is 0. The molecule has 5 nitrogen and oxygen atoms in total. The molecular formula is C16H20N2O3S. The zero-order valence-electron chi connectivity index (χ0n) is 12.5. The average Bonchev–Trinajstić information content (AvgIpc) is 3.21. The molecule has 0 saturated heterocycles. The van der Waals surface area contributed by atoms with E-state index < -0.39 is 17.8 Å². The molecule has 0 aliphatic heterocycles. The zero-order chi connectivity index (χ0) is 15.7. The molecule has 118 valence electrons. The first kappa shape index (κ1) is 15.2. The smallest absolute Gasteiger partial charge is 0.307 e. The molecule has 2 bridgehead atoms. The van der Waals surface area contributed by atoms with Gasteiger partial charge in [0.15, 0.2) is 0 Å². The third-order valence-electron chi connectivity index (χ3n) is 4.64.